The predicted molar refractivity (Wildman–Crippen MR) is 122 cm³/mol. The van der Waals surface area contributed by atoms with Crippen molar-refractivity contribution in [3.8, 4) is 0 Å². The number of carbonyl (C=O) groups excluding carboxylic acids is 3. The van der Waals surface area contributed by atoms with E-state index in [2.05, 4.69) is 16.0 Å². The molecule has 0 unspecified atom stereocenters. The van der Waals surface area contributed by atoms with E-state index in [4.69, 9.17) is 4.74 Å². The van der Waals surface area contributed by atoms with Gasteiger partial charge in [0.05, 0.1) is 23.8 Å². The van der Waals surface area contributed by atoms with Crippen LogP contribution in [0, 0.1) is 0 Å². The molecule has 0 saturated carbocycles. The largest absolute Gasteiger partial charge is 0.379 e. The third-order valence-electron chi connectivity index (χ3n) is 5.29. The van der Waals surface area contributed by atoms with Crippen LogP contribution in [-0.2, 0) is 24.3 Å². The molecule has 2 N–H and O–H groups in total. The summed E-state index contributed by atoms with van der Waals surface area (Å²) in [4.78, 5) is 37.3. The third-order valence-corrected chi connectivity index (χ3v) is 7.18. The lowest BCUT2D eigenvalue weighted by Gasteiger charge is -2.26. The van der Waals surface area contributed by atoms with Crippen molar-refractivity contribution >= 4 is 39.1 Å². The van der Waals surface area contributed by atoms with Gasteiger partial charge in [-0.3, -0.25) is 25.2 Å². The first-order valence-corrected chi connectivity index (χ1v) is 12.0. The summed E-state index contributed by atoms with van der Waals surface area (Å²) in [6, 6.07) is 14.2. The molecule has 0 radical (unpaired) electrons. The van der Waals surface area contributed by atoms with Crippen molar-refractivity contribution < 1.29 is 27.5 Å². The molecule has 1 fully saturated rings. The van der Waals surface area contributed by atoms with Gasteiger partial charge >= 0.3 is 0 Å². The van der Waals surface area contributed by atoms with Gasteiger partial charge in [0, 0.05) is 31.5 Å². The molecular formula is C22H23N5O6S. The first-order valence-electron chi connectivity index (χ1n) is 10.6. The molecule has 2 heterocycles. The zero-order valence-electron chi connectivity index (χ0n) is 18.1. The fraction of sp³-hybridized carbons (Fsp3) is 0.273. The Hall–Kier alpha value is -3.61. The van der Waals surface area contributed by atoms with E-state index in [-0.39, 0.29) is 48.0 Å². The number of carbonyl (C=O) groups is 3. The van der Waals surface area contributed by atoms with Gasteiger partial charge in [0.1, 0.15) is 5.71 Å². The van der Waals surface area contributed by atoms with Gasteiger partial charge in [0.15, 0.2) is 0 Å². The molecule has 0 aliphatic carbocycles. The second-order valence-electron chi connectivity index (χ2n) is 7.54. The Morgan fingerprint density at radius 2 is 1.62 bits per heavy atom. The maximum absolute atomic E-state index is 12.8. The van der Waals surface area contributed by atoms with Gasteiger partial charge in [-0.25, -0.2) is 13.4 Å². The van der Waals surface area contributed by atoms with Gasteiger partial charge in [0.25, 0.3) is 11.8 Å². The Bertz CT molecular complexity index is 1230. The summed E-state index contributed by atoms with van der Waals surface area (Å²) >= 11 is 0. The lowest BCUT2D eigenvalue weighted by molar-refractivity contribution is -0.119. The monoisotopic (exact) mass is 485 g/mol. The normalized spacial score (nSPS) is 17.1. The number of rotatable bonds is 5. The van der Waals surface area contributed by atoms with E-state index in [0.29, 0.717) is 18.9 Å². The predicted octanol–water partition coefficient (Wildman–Crippen LogP) is 0.651. The van der Waals surface area contributed by atoms with Crippen LogP contribution in [0.25, 0.3) is 0 Å². The molecular weight excluding hydrogens is 462 g/mol. The van der Waals surface area contributed by atoms with Crippen molar-refractivity contribution in [2.24, 2.45) is 5.10 Å². The molecule has 2 aliphatic rings. The molecule has 3 amide bonds. The Morgan fingerprint density at radius 1 is 0.912 bits per heavy atom. The first-order chi connectivity index (χ1) is 16.4. The fourth-order valence-electron chi connectivity index (χ4n) is 3.48. The van der Waals surface area contributed by atoms with Gasteiger partial charge < -0.3 is 4.74 Å². The van der Waals surface area contributed by atoms with Crippen LogP contribution in [0.2, 0.25) is 0 Å². The molecule has 4 rings (SSSR count). The number of benzene rings is 2. The minimum Gasteiger partial charge on any atom is -0.379 e. The molecule has 2 aromatic rings. The highest BCUT2D eigenvalue weighted by atomic mass is 32.2. The molecule has 0 atom stereocenters. The number of para-hydroxylation sites is 1. The molecule has 34 heavy (non-hydrogen) atoms. The Labute approximate surface area is 196 Å². The number of ether oxygens (including phenoxy) is 1. The van der Waals surface area contributed by atoms with Gasteiger partial charge in [-0.15, -0.1) is 0 Å². The molecule has 12 heteroatoms. The molecule has 0 bridgehead atoms. The second-order valence-corrected chi connectivity index (χ2v) is 9.48. The van der Waals surface area contributed by atoms with Crippen molar-refractivity contribution in [1.29, 1.82) is 0 Å². The number of hydrogen-bond donors (Lipinski definition) is 2. The third kappa shape index (κ3) is 5.14. The zero-order valence-corrected chi connectivity index (χ0v) is 19.0. The number of nitrogens with zero attached hydrogens (tertiary/aromatic N) is 3. The van der Waals surface area contributed by atoms with Crippen LogP contribution in [-0.4, -0.2) is 62.5 Å². The molecule has 2 aliphatic heterocycles. The van der Waals surface area contributed by atoms with E-state index in [1.54, 1.807) is 30.3 Å². The Balaban J connectivity index is 1.42. The van der Waals surface area contributed by atoms with Crippen molar-refractivity contribution in [2.75, 3.05) is 31.3 Å². The topological polar surface area (TPSA) is 137 Å². The van der Waals surface area contributed by atoms with Crippen LogP contribution >= 0.6 is 0 Å². The number of hydrazine groups is 1. The quantitative estimate of drug-likeness (QED) is 0.597. The summed E-state index contributed by atoms with van der Waals surface area (Å²) in [5.74, 6) is -1.61. The zero-order chi connectivity index (χ0) is 24.1. The summed E-state index contributed by atoms with van der Waals surface area (Å²) in [7, 11) is -3.77. The highest BCUT2D eigenvalue weighted by molar-refractivity contribution is 7.89. The number of hydrazone groups is 1. The van der Waals surface area contributed by atoms with Crippen LogP contribution < -0.4 is 15.9 Å². The average molecular weight is 486 g/mol. The van der Waals surface area contributed by atoms with Gasteiger partial charge in [-0.1, -0.05) is 24.3 Å². The van der Waals surface area contributed by atoms with E-state index in [9.17, 15) is 22.8 Å². The van der Waals surface area contributed by atoms with Crippen LogP contribution in [0.1, 0.15) is 23.2 Å². The van der Waals surface area contributed by atoms with Crippen molar-refractivity contribution in [2.45, 2.75) is 17.7 Å². The van der Waals surface area contributed by atoms with Crippen molar-refractivity contribution in [1.82, 2.24) is 15.2 Å². The number of hydrogen-bond acceptors (Lipinski definition) is 7. The van der Waals surface area contributed by atoms with Crippen LogP contribution in [0.5, 0.6) is 0 Å². The van der Waals surface area contributed by atoms with Crippen LogP contribution in [0.4, 0.5) is 5.69 Å². The minimum atomic E-state index is -3.77. The standard InChI is InChI=1S/C22H23N5O6S/c28-20-10-9-19(25-27(20)17-6-2-1-3-7-17)22(30)24-23-21(29)16-5-4-8-18(15-16)34(31,32)26-11-13-33-14-12-26/h1-8,15H,9-14H2,(H,23,29)(H,24,30). The molecule has 0 spiro atoms. The number of anilines is 1. The number of nitrogens with one attached hydrogen (secondary N) is 2. The van der Waals surface area contributed by atoms with Crippen molar-refractivity contribution in [3.05, 3.63) is 60.2 Å². The van der Waals surface area contributed by atoms with Gasteiger partial charge in [-0.2, -0.15) is 9.41 Å². The molecule has 2 aromatic carbocycles. The highest BCUT2D eigenvalue weighted by Gasteiger charge is 2.28. The fourth-order valence-corrected chi connectivity index (χ4v) is 4.93. The maximum atomic E-state index is 12.8. The summed E-state index contributed by atoms with van der Waals surface area (Å²) in [6.07, 6.45) is 0.216. The smallest absolute Gasteiger partial charge is 0.285 e. The van der Waals surface area contributed by atoms with E-state index < -0.39 is 21.8 Å². The maximum Gasteiger partial charge on any atom is 0.285 e. The summed E-state index contributed by atoms with van der Waals surface area (Å²) < 4.78 is 32.2. The van der Waals surface area contributed by atoms with E-state index >= 15 is 0 Å². The lowest BCUT2D eigenvalue weighted by Crippen LogP contribution is -2.47. The first kappa shape index (κ1) is 23.5. The Morgan fingerprint density at radius 3 is 2.35 bits per heavy atom. The molecule has 1 saturated heterocycles. The second kappa shape index (κ2) is 10.1. The molecule has 11 nitrogen and oxygen atoms in total. The number of sulfonamides is 1. The average Bonchev–Trinajstić information content (AvgIpc) is 2.88. The number of amides is 3. The van der Waals surface area contributed by atoms with Crippen LogP contribution in [0.15, 0.2) is 64.6 Å². The van der Waals surface area contributed by atoms with Gasteiger partial charge in [-0.05, 0) is 30.3 Å². The van der Waals surface area contributed by atoms with Crippen LogP contribution in [0.3, 0.4) is 0 Å². The van der Waals surface area contributed by atoms with Gasteiger partial charge in [0.2, 0.25) is 15.9 Å². The SMILES string of the molecule is O=C(NNC(=O)c1cccc(S(=O)(=O)N2CCOCC2)c1)C1=NN(c2ccccc2)C(=O)CC1. The summed E-state index contributed by atoms with van der Waals surface area (Å²) in [5.41, 5.74) is 5.20. The van der Waals surface area contributed by atoms with E-state index in [1.165, 1.54) is 28.6 Å². The minimum absolute atomic E-state index is 0.0259. The van der Waals surface area contributed by atoms with Crippen molar-refractivity contribution in [3.63, 3.8) is 0 Å². The summed E-state index contributed by atoms with van der Waals surface area (Å²) in [5, 5.41) is 5.28. The summed E-state index contributed by atoms with van der Waals surface area (Å²) in [6.45, 7) is 1.09. The lowest BCUT2D eigenvalue weighted by atomic mass is 10.1. The van der Waals surface area contributed by atoms with E-state index in [0.717, 1.165) is 5.01 Å². The number of morpholine rings is 1. The Kier molecular flexibility index (Phi) is 7.01. The molecule has 178 valence electrons. The molecule has 0 aromatic heterocycles. The van der Waals surface area contributed by atoms with E-state index in [1.807, 2.05) is 0 Å². The highest BCUT2D eigenvalue weighted by Crippen LogP contribution is 2.20.